The Hall–Kier alpha value is -9.30. The van der Waals surface area contributed by atoms with E-state index in [1.807, 2.05) is 0 Å². The first-order valence-electron chi connectivity index (χ1n) is 24.5. The van der Waals surface area contributed by atoms with Gasteiger partial charge in [0.2, 0.25) is 0 Å². The van der Waals surface area contributed by atoms with Crippen LogP contribution < -0.4 is 4.90 Å². The molecule has 13 rings (SSSR count). The van der Waals surface area contributed by atoms with Gasteiger partial charge in [-0.25, -0.2) is 0 Å². The lowest BCUT2D eigenvalue weighted by molar-refractivity contribution is 1.29. The van der Waals surface area contributed by atoms with Crippen LogP contribution in [-0.2, 0) is 0 Å². The quantitative estimate of drug-likeness (QED) is 0.131. The van der Waals surface area contributed by atoms with Crippen molar-refractivity contribution in [2.75, 3.05) is 4.90 Å². The average Bonchev–Trinajstić information content (AvgIpc) is 3.45. The number of rotatable bonds is 9. The van der Waals surface area contributed by atoms with Crippen molar-refractivity contribution in [3.63, 3.8) is 0 Å². The molecule has 332 valence electrons. The molecule has 0 aliphatic heterocycles. The van der Waals surface area contributed by atoms with Crippen molar-refractivity contribution in [3.8, 4) is 66.8 Å². The lowest BCUT2D eigenvalue weighted by atomic mass is 9.84. The van der Waals surface area contributed by atoms with Crippen molar-refractivity contribution in [1.82, 2.24) is 0 Å². The molecule has 1 heteroatoms. The maximum absolute atomic E-state index is 2.44. The number of fused-ring (bicyclic) bond motifs is 5. The van der Waals surface area contributed by atoms with Crippen LogP contribution in [0.1, 0.15) is 0 Å². The van der Waals surface area contributed by atoms with Crippen LogP contribution in [0.3, 0.4) is 0 Å². The Morgan fingerprint density at radius 3 is 1.28 bits per heavy atom. The fraction of sp³-hybridized carbons (Fsp3) is 0. The minimum atomic E-state index is 1.08. The summed E-state index contributed by atoms with van der Waals surface area (Å²) in [5.41, 5.74) is 17.7. The van der Waals surface area contributed by atoms with E-state index in [-0.39, 0.29) is 0 Å². The largest absolute Gasteiger partial charge is 0.310 e. The van der Waals surface area contributed by atoms with E-state index < -0.39 is 0 Å². The van der Waals surface area contributed by atoms with Crippen molar-refractivity contribution in [2.24, 2.45) is 0 Å². The minimum absolute atomic E-state index is 1.08. The lowest BCUT2D eigenvalue weighted by Crippen LogP contribution is -2.11. The molecule has 0 aromatic heterocycles. The van der Waals surface area contributed by atoms with Crippen LogP contribution in [0.15, 0.2) is 285 Å². The SMILES string of the molecule is c1ccc(-c2ccc3cc(N(c4ccc(-c5ccc(-c6ccc7ccccc7c6)cc5)cc4)c4ccccc4-c4ccc5c(c4)c(-c4ccccc4)c(-c4ccccc4)c4ccccc45)ccc3c2)cc1. The molecule has 0 saturated carbocycles. The van der Waals surface area contributed by atoms with E-state index >= 15 is 0 Å². The van der Waals surface area contributed by atoms with E-state index in [0.29, 0.717) is 0 Å². The summed E-state index contributed by atoms with van der Waals surface area (Å²) in [6.07, 6.45) is 0. The van der Waals surface area contributed by atoms with Crippen molar-refractivity contribution in [2.45, 2.75) is 0 Å². The summed E-state index contributed by atoms with van der Waals surface area (Å²) in [4.78, 5) is 2.44. The number of hydrogen-bond acceptors (Lipinski definition) is 1. The maximum atomic E-state index is 2.44. The van der Waals surface area contributed by atoms with Crippen molar-refractivity contribution in [3.05, 3.63) is 285 Å². The van der Waals surface area contributed by atoms with Crippen molar-refractivity contribution in [1.29, 1.82) is 0 Å². The summed E-state index contributed by atoms with van der Waals surface area (Å²) in [6, 6.07) is 104. The molecule has 0 radical (unpaired) electrons. The van der Waals surface area contributed by atoms with Crippen molar-refractivity contribution < 1.29 is 0 Å². The van der Waals surface area contributed by atoms with Crippen LogP contribution in [0, 0.1) is 0 Å². The first-order valence-corrected chi connectivity index (χ1v) is 24.5. The van der Waals surface area contributed by atoms with Crippen LogP contribution in [0.4, 0.5) is 17.1 Å². The molecule has 0 fully saturated rings. The first kappa shape index (κ1) is 41.9. The lowest BCUT2D eigenvalue weighted by Gasteiger charge is -2.28. The molecule has 71 heavy (non-hydrogen) atoms. The number of nitrogens with zero attached hydrogens (tertiary/aromatic N) is 1. The third kappa shape index (κ3) is 7.80. The zero-order valence-electron chi connectivity index (χ0n) is 39.1. The molecule has 0 spiro atoms. The van der Waals surface area contributed by atoms with E-state index in [0.717, 1.165) is 28.2 Å². The molecular weight excluding hydrogens is 855 g/mol. The van der Waals surface area contributed by atoms with Gasteiger partial charge in [0, 0.05) is 16.9 Å². The Morgan fingerprint density at radius 2 is 0.606 bits per heavy atom. The second-order valence-electron chi connectivity index (χ2n) is 18.4. The molecule has 0 heterocycles. The van der Waals surface area contributed by atoms with E-state index in [1.165, 1.54) is 98.7 Å². The normalized spacial score (nSPS) is 11.4. The monoisotopic (exact) mass is 901 g/mol. The van der Waals surface area contributed by atoms with Gasteiger partial charge in [-0.3, -0.25) is 0 Å². The molecule has 0 aliphatic rings. The molecule has 0 unspecified atom stereocenters. The maximum Gasteiger partial charge on any atom is 0.0540 e. The van der Waals surface area contributed by atoms with Gasteiger partial charge in [-0.1, -0.05) is 237 Å². The van der Waals surface area contributed by atoms with E-state index in [2.05, 4.69) is 290 Å². The summed E-state index contributed by atoms with van der Waals surface area (Å²) in [6.45, 7) is 0. The van der Waals surface area contributed by atoms with Gasteiger partial charge in [-0.15, -0.1) is 0 Å². The highest BCUT2D eigenvalue weighted by Gasteiger charge is 2.21. The molecule has 0 N–H and O–H groups in total. The molecule has 0 aliphatic carbocycles. The number of hydrogen-bond donors (Lipinski definition) is 0. The zero-order chi connectivity index (χ0) is 47.1. The predicted octanol–water partition coefficient (Wildman–Crippen LogP) is 19.8. The summed E-state index contributed by atoms with van der Waals surface area (Å²) in [5, 5.41) is 9.86. The second kappa shape index (κ2) is 18.0. The van der Waals surface area contributed by atoms with Crippen LogP contribution in [0.2, 0.25) is 0 Å². The van der Waals surface area contributed by atoms with Gasteiger partial charge in [0.25, 0.3) is 0 Å². The molecule has 0 saturated heterocycles. The highest BCUT2D eigenvalue weighted by atomic mass is 15.1. The standard InChI is InChI=1S/C70H47N/c1-4-16-48(17-5-1)56-34-35-59-46-62(42-38-58(59)45-56)71(61-40-36-51(37-41-61)50-28-30-52(31-29-50)57-33-32-49-18-10-11-23-55(49)44-57)68-27-15-14-24-63(68)60-39-43-65-64-25-12-13-26-66(64)69(53-19-6-2-7-20-53)70(67(65)47-60)54-21-8-3-9-22-54/h1-47H. The van der Waals surface area contributed by atoms with Gasteiger partial charge in [-0.05, 0) is 153 Å². The molecule has 13 aromatic carbocycles. The van der Waals surface area contributed by atoms with Crippen molar-refractivity contribution >= 4 is 60.2 Å². The van der Waals surface area contributed by atoms with Gasteiger partial charge in [-0.2, -0.15) is 0 Å². The highest BCUT2D eigenvalue weighted by Crippen LogP contribution is 2.48. The molecule has 0 amide bonds. The fourth-order valence-electron chi connectivity index (χ4n) is 10.7. The van der Waals surface area contributed by atoms with Gasteiger partial charge in [0.15, 0.2) is 0 Å². The molecule has 1 nitrogen and oxygen atoms in total. The molecule has 0 bridgehead atoms. The number of anilines is 3. The Bertz CT molecular complexity index is 4060. The average molecular weight is 902 g/mol. The fourth-order valence-corrected chi connectivity index (χ4v) is 10.7. The number of benzene rings is 13. The smallest absolute Gasteiger partial charge is 0.0540 e. The van der Waals surface area contributed by atoms with Crippen LogP contribution in [0.25, 0.3) is 110 Å². The minimum Gasteiger partial charge on any atom is -0.310 e. The van der Waals surface area contributed by atoms with Crippen LogP contribution in [-0.4, -0.2) is 0 Å². The van der Waals surface area contributed by atoms with E-state index in [1.54, 1.807) is 0 Å². The zero-order valence-corrected chi connectivity index (χ0v) is 39.1. The molecular formula is C70H47N. The topological polar surface area (TPSA) is 3.24 Å². The third-order valence-corrected chi connectivity index (χ3v) is 14.2. The van der Waals surface area contributed by atoms with Gasteiger partial charge < -0.3 is 4.90 Å². The Balaban J connectivity index is 0.957. The summed E-state index contributed by atoms with van der Waals surface area (Å²) < 4.78 is 0. The summed E-state index contributed by atoms with van der Waals surface area (Å²) >= 11 is 0. The van der Waals surface area contributed by atoms with Crippen LogP contribution >= 0.6 is 0 Å². The Kier molecular flexibility index (Phi) is 10.6. The Labute approximate surface area is 414 Å². The van der Waals surface area contributed by atoms with Gasteiger partial charge in [0.1, 0.15) is 0 Å². The van der Waals surface area contributed by atoms with E-state index in [9.17, 15) is 0 Å². The second-order valence-corrected chi connectivity index (χ2v) is 18.4. The number of para-hydroxylation sites is 1. The molecule has 0 atom stereocenters. The first-order chi connectivity index (χ1) is 35.2. The van der Waals surface area contributed by atoms with Gasteiger partial charge in [0.05, 0.1) is 5.69 Å². The predicted molar refractivity (Wildman–Crippen MR) is 304 cm³/mol. The summed E-state index contributed by atoms with van der Waals surface area (Å²) in [7, 11) is 0. The molecule has 13 aromatic rings. The Morgan fingerprint density at radius 1 is 0.197 bits per heavy atom. The van der Waals surface area contributed by atoms with Gasteiger partial charge >= 0.3 is 0 Å². The third-order valence-electron chi connectivity index (χ3n) is 14.2. The van der Waals surface area contributed by atoms with Crippen LogP contribution in [0.5, 0.6) is 0 Å². The summed E-state index contributed by atoms with van der Waals surface area (Å²) in [5.74, 6) is 0. The van der Waals surface area contributed by atoms with E-state index in [4.69, 9.17) is 0 Å². The highest BCUT2D eigenvalue weighted by molar-refractivity contribution is 6.22.